The Balaban J connectivity index is 2.14. The minimum atomic E-state index is -0.906. The molecule has 0 N–H and O–H groups in total. The van der Waals surface area contributed by atoms with Crippen LogP contribution >= 0.6 is 15.9 Å². The van der Waals surface area contributed by atoms with E-state index in [1.807, 2.05) is 13.8 Å². The Bertz CT molecular complexity index is 406. The van der Waals surface area contributed by atoms with E-state index in [2.05, 4.69) is 15.9 Å². The highest BCUT2D eigenvalue weighted by molar-refractivity contribution is 9.09. The minimum absolute atomic E-state index is 0.00234. The highest BCUT2D eigenvalue weighted by Crippen LogP contribution is 2.47. The summed E-state index contributed by atoms with van der Waals surface area (Å²) in [6.45, 7) is 4.08. The van der Waals surface area contributed by atoms with Crippen molar-refractivity contribution in [3.63, 3.8) is 0 Å². The predicted molar refractivity (Wildman–Crippen MR) is 61.9 cm³/mol. The van der Waals surface area contributed by atoms with Gasteiger partial charge in [-0.1, -0.05) is 35.8 Å². The molecule has 1 fully saturated rings. The van der Waals surface area contributed by atoms with E-state index >= 15 is 0 Å². The van der Waals surface area contributed by atoms with Crippen molar-refractivity contribution < 1.29 is 13.5 Å². The molecule has 0 aromatic heterocycles. The first-order chi connectivity index (χ1) is 7.43. The van der Waals surface area contributed by atoms with Gasteiger partial charge >= 0.3 is 0 Å². The van der Waals surface area contributed by atoms with Crippen LogP contribution in [0, 0.1) is 17.0 Å². The smallest absolute Gasteiger partial charge is 0.200 e. The van der Waals surface area contributed by atoms with Crippen LogP contribution in [0.3, 0.4) is 0 Å². The van der Waals surface area contributed by atoms with Crippen LogP contribution in [0.2, 0.25) is 0 Å². The maximum atomic E-state index is 13.4. The van der Waals surface area contributed by atoms with Crippen LogP contribution in [-0.4, -0.2) is 10.9 Å². The standard InChI is InChI=1S/C12H13BrF2O/c1-12(2)9(13)6-10(12)16-8-5-3-4-7(14)11(8)15/h3-5,9-10H,6H2,1-2H3. The Morgan fingerprint density at radius 3 is 2.62 bits per heavy atom. The van der Waals surface area contributed by atoms with Crippen LogP contribution in [0.15, 0.2) is 18.2 Å². The molecule has 0 saturated heterocycles. The molecular weight excluding hydrogens is 278 g/mol. The van der Waals surface area contributed by atoms with Gasteiger partial charge < -0.3 is 4.74 Å². The van der Waals surface area contributed by atoms with Crippen molar-refractivity contribution in [3.05, 3.63) is 29.8 Å². The van der Waals surface area contributed by atoms with E-state index in [1.54, 1.807) is 0 Å². The molecule has 0 amide bonds. The molecule has 1 aliphatic carbocycles. The quantitative estimate of drug-likeness (QED) is 0.751. The summed E-state index contributed by atoms with van der Waals surface area (Å²) in [5, 5.41) is 0. The second-order valence-corrected chi connectivity index (χ2v) is 5.79. The van der Waals surface area contributed by atoms with Crippen molar-refractivity contribution in [2.75, 3.05) is 0 Å². The molecule has 1 aliphatic rings. The van der Waals surface area contributed by atoms with Gasteiger partial charge in [-0.15, -0.1) is 0 Å². The lowest BCUT2D eigenvalue weighted by Crippen LogP contribution is -2.53. The molecule has 0 heterocycles. The third-order valence-electron chi connectivity index (χ3n) is 3.24. The SMILES string of the molecule is CC1(C)C(Br)CC1Oc1cccc(F)c1F. The zero-order valence-corrected chi connectivity index (χ0v) is 10.7. The minimum Gasteiger partial charge on any atom is -0.487 e. The molecule has 2 unspecified atom stereocenters. The van der Waals surface area contributed by atoms with Gasteiger partial charge in [0.2, 0.25) is 5.82 Å². The van der Waals surface area contributed by atoms with Crippen LogP contribution in [0.4, 0.5) is 8.78 Å². The topological polar surface area (TPSA) is 9.23 Å². The van der Waals surface area contributed by atoms with Gasteiger partial charge in [0, 0.05) is 10.2 Å². The maximum Gasteiger partial charge on any atom is 0.200 e. The monoisotopic (exact) mass is 290 g/mol. The summed E-state index contributed by atoms with van der Waals surface area (Å²) < 4.78 is 31.8. The number of halogens is 3. The lowest BCUT2D eigenvalue weighted by molar-refractivity contribution is -0.0106. The summed E-state index contributed by atoms with van der Waals surface area (Å²) in [7, 11) is 0. The molecular formula is C12H13BrF2O. The first-order valence-electron chi connectivity index (χ1n) is 5.17. The third-order valence-corrected chi connectivity index (χ3v) is 4.80. The second-order valence-electron chi connectivity index (χ2n) is 4.68. The highest BCUT2D eigenvalue weighted by atomic mass is 79.9. The van der Waals surface area contributed by atoms with E-state index in [-0.39, 0.29) is 17.3 Å². The number of hydrogen-bond acceptors (Lipinski definition) is 1. The average molecular weight is 291 g/mol. The number of alkyl halides is 1. The number of ether oxygens (including phenoxy) is 1. The predicted octanol–water partition coefficient (Wildman–Crippen LogP) is 3.91. The second kappa shape index (κ2) is 3.99. The molecule has 2 atom stereocenters. The molecule has 2 rings (SSSR count). The lowest BCUT2D eigenvalue weighted by Gasteiger charge is -2.48. The fourth-order valence-electron chi connectivity index (χ4n) is 1.76. The van der Waals surface area contributed by atoms with Gasteiger partial charge in [-0.25, -0.2) is 4.39 Å². The van der Waals surface area contributed by atoms with Crippen LogP contribution < -0.4 is 4.74 Å². The Morgan fingerprint density at radius 1 is 1.38 bits per heavy atom. The van der Waals surface area contributed by atoms with Crippen molar-refractivity contribution in [2.45, 2.75) is 31.2 Å². The first kappa shape index (κ1) is 11.8. The molecule has 4 heteroatoms. The molecule has 0 radical (unpaired) electrons. The Morgan fingerprint density at radius 2 is 2.06 bits per heavy atom. The van der Waals surface area contributed by atoms with E-state index in [0.717, 1.165) is 12.5 Å². The van der Waals surface area contributed by atoms with Crippen molar-refractivity contribution in [3.8, 4) is 5.75 Å². The normalized spacial score (nSPS) is 27.3. The van der Waals surface area contributed by atoms with Gasteiger partial charge in [0.05, 0.1) is 0 Å². The fourth-order valence-corrected chi connectivity index (χ4v) is 2.40. The van der Waals surface area contributed by atoms with Crippen LogP contribution in [0.1, 0.15) is 20.3 Å². The molecule has 0 bridgehead atoms. The summed E-state index contributed by atoms with van der Waals surface area (Å²) in [5.41, 5.74) is -0.0568. The van der Waals surface area contributed by atoms with Gasteiger partial charge in [-0.05, 0) is 18.6 Å². The van der Waals surface area contributed by atoms with E-state index in [4.69, 9.17) is 4.74 Å². The summed E-state index contributed by atoms with van der Waals surface area (Å²) in [4.78, 5) is 0.363. The molecule has 1 aromatic rings. The summed E-state index contributed by atoms with van der Waals surface area (Å²) >= 11 is 3.52. The Hall–Kier alpha value is -0.640. The van der Waals surface area contributed by atoms with Gasteiger partial charge in [-0.3, -0.25) is 0 Å². The van der Waals surface area contributed by atoms with Gasteiger partial charge in [0.15, 0.2) is 11.6 Å². The fraction of sp³-hybridized carbons (Fsp3) is 0.500. The highest BCUT2D eigenvalue weighted by Gasteiger charge is 2.48. The van der Waals surface area contributed by atoms with E-state index in [9.17, 15) is 8.78 Å². The number of benzene rings is 1. The molecule has 1 aromatic carbocycles. The van der Waals surface area contributed by atoms with E-state index in [0.29, 0.717) is 4.83 Å². The zero-order valence-electron chi connectivity index (χ0n) is 9.14. The molecule has 0 spiro atoms. The summed E-state index contributed by atoms with van der Waals surface area (Å²) in [6.07, 6.45) is 0.733. The third kappa shape index (κ3) is 1.83. The maximum absolute atomic E-state index is 13.4. The molecule has 0 aliphatic heterocycles. The number of hydrogen-bond donors (Lipinski definition) is 0. The van der Waals surface area contributed by atoms with Crippen molar-refractivity contribution in [2.24, 2.45) is 5.41 Å². The Labute approximate surface area is 102 Å². The van der Waals surface area contributed by atoms with Gasteiger partial charge in [0.25, 0.3) is 0 Å². The molecule has 16 heavy (non-hydrogen) atoms. The summed E-state index contributed by atoms with van der Waals surface area (Å²) in [6, 6.07) is 3.99. The summed E-state index contributed by atoms with van der Waals surface area (Å²) in [5.74, 6) is -1.78. The van der Waals surface area contributed by atoms with Crippen LogP contribution in [-0.2, 0) is 0 Å². The molecule has 1 nitrogen and oxygen atoms in total. The average Bonchev–Trinajstić information content (AvgIpc) is 2.24. The van der Waals surface area contributed by atoms with Crippen molar-refractivity contribution in [1.29, 1.82) is 0 Å². The Kier molecular flexibility index (Phi) is 2.95. The van der Waals surface area contributed by atoms with Crippen LogP contribution in [0.5, 0.6) is 5.75 Å². The van der Waals surface area contributed by atoms with E-state index < -0.39 is 11.6 Å². The van der Waals surface area contributed by atoms with Crippen molar-refractivity contribution in [1.82, 2.24) is 0 Å². The van der Waals surface area contributed by atoms with Gasteiger partial charge in [0.1, 0.15) is 6.10 Å². The number of rotatable bonds is 2. The largest absolute Gasteiger partial charge is 0.487 e. The van der Waals surface area contributed by atoms with Crippen LogP contribution in [0.25, 0.3) is 0 Å². The van der Waals surface area contributed by atoms with Gasteiger partial charge in [-0.2, -0.15) is 4.39 Å². The molecule has 1 saturated carbocycles. The van der Waals surface area contributed by atoms with Crippen molar-refractivity contribution >= 4 is 15.9 Å². The van der Waals surface area contributed by atoms with E-state index in [1.165, 1.54) is 12.1 Å². The zero-order chi connectivity index (χ0) is 11.9. The molecule has 88 valence electrons. The first-order valence-corrected chi connectivity index (χ1v) is 6.09. The lowest BCUT2D eigenvalue weighted by atomic mass is 9.69.